The van der Waals surface area contributed by atoms with Crippen molar-refractivity contribution in [1.82, 2.24) is 0 Å². The lowest BCUT2D eigenvalue weighted by Crippen LogP contribution is -2.07. The van der Waals surface area contributed by atoms with Crippen LogP contribution in [0.2, 0.25) is 0 Å². The molecule has 0 aromatic heterocycles. The molecule has 0 atom stereocenters. The first-order valence-electron chi connectivity index (χ1n) is 6.69. The molecule has 0 saturated heterocycles. The first kappa shape index (κ1) is 15.4. The number of hydrogen-bond acceptors (Lipinski definition) is 4. The normalized spacial score (nSPS) is 10.5. The first-order valence-corrected chi connectivity index (χ1v) is 6.69. The summed E-state index contributed by atoms with van der Waals surface area (Å²) in [5.41, 5.74) is 7.75. The fourth-order valence-corrected chi connectivity index (χ4v) is 1.93. The maximum atomic E-state index is 11.9. The van der Waals surface area contributed by atoms with Crippen LogP contribution in [0.25, 0.3) is 6.08 Å². The van der Waals surface area contributed by atoms with Gasteiger partial charge in [-0.25, -0.2) is 0 Å². The summed E-state index contributed by atoms with van der Waals surface area (Å²) in [6, 6.07) is 12.4. The highest BCUT2D eigenvalue weighted by Gasteiger charge is 2.03. The summed E-state index contributed by atoms with van der Waals surface area (Å²) >= 11 is 0. The number of hydrogen-bond donors (Lipinski definition) is 2. The number of nitrogens with two attached hydrogens (primary N) is 1. The lowest BCUT2D eigenvalue weighted by molar-refractivity contribution is -0.111. The van der Waals surface area contributed by atoms with E-state index in [4.69, 9.17) is 15.2 Å². The Morgan fingerprint density at radius 2 is 1.86 bits per heavy atom. The van der Waals surface area contributed by atoms with Gasteiger partial charge in [0.2, 0.25) is 5.91 Å². The third-order valence-electron chi connectivity index (χ3n) is 2.99. The number of nitrogen functional groups attached to an aromatic ring is 1. The smallest absolute Gasteiger partial charge is 0.248 e. The van der Waals surface area contributed by atoms with Gasteiger partial charge in [0, 0.05) is 17.5 Å². The molecule has 2 aromatic carbocycles. The predicted octanol–water partition coefficient (Wildman–Crippen LogP) is 2.94. The van der Waals surface area contributed by atoms with E-state index in [9.17, 15) is 4.79 Å². The highest BCUT2D eigenvalue weighted by molar-refractivity contribution is 6.02. The number of carbonyl (C=O) groups is 1. The monoisotopic (exact) mass is 298 g/mol. The van der Waals surface area contributed by atoms with E-state index in [-0.39, 0.29) is 5.91 Å². The second-order valence-electron chi connectivity index (χ2n) is 4.56. The minimum Gasteiger partial charge on any atom is -0.493 e. The Morgan fingerprint density at radius 3 is 2.55 bits per heavy atom. The fourth-order valence-electron chi connectivity index (χ4n) is 1.93. The number of amides is 1. The molecule has 0 aliphatic rings. The molecule has 0 radical (unpaired) electrons. The van der Waals surface area contributed by atoms with Gasteiger partial charge < -0.3 is 20.5 Å². The van der Waals surface area contributed by atoms with Crippen LogP contribution in [-0.4, -0.2) is 20.1 Å². The van der Waals surface area contributed by atoms with Crippen LogP contribution in [0, 0.1) is 0 Å². The van der Waals surface area contributed by atoms with Gasteiger partial charge in [-0.15, -0.1) is 0 Å². The summed E-state index contributed by atoms with van der Waals surface area (Å²) in [7, 11) is 3.14. The van der Waals surface area contributed by atoms with E-state index in [0.717, 1.165) is 5.56 Å². The molecule has 2 aromatic rings. The Balaban J connectivity index is 2.06. The van der Waals surface area contributed by atoms with Gasteiger partial charge >= 0.3 is 0 Å². The molecule has 0 heterocycles. The molecule has 22 heavy (non-hydrogen) atoms. The molecular formula is C17H18N2O3. The van der Waals surface area contributed by atoms with Crippen molar-refractivity contribution < 1.29 is 14.3 Å². The van der Waals surface area contributed by atoms with E-state index < -0.39 is 0 Å². The van der Waals surface area contributed by atoms with E-state index in [1.54, 1.807) is 56.7 Å². The molecule has 114 valence electrons. The van der Waals surface area contributed by atoms with Crippen LogP contribution < -0.4 is 20.5 Å². The highest BCUT2D eigenvalue weighted by atomic mass is 16.5. The van der Waals surface area contributed by atoms with Gasteiger partial charge in [-0.3, -0.25) is 4.79 Å². The number of nitrogens with one attached hydrogen (secondary N) is 1. The van der Waals surface area contributed by atoms with Gasteiger partial charge in [0.1, 0.15) is 0 Å². The number of anilines is 2. The molecule has 5 heteroatoms. The Kier molecular flexibility index (Phi) is 5.03. The van der Waals surface area contributed by atoms with Crippen molar-refractivity contribution in [3.05, 3.63) is 54.1 Å². The zero-order chi connectivity index (χ0) is 15.9. The zero-order valence-corrected chi connectivity index (χ0v) is 12.5. The van der Waals surface area contributed by atoms with E-state index in [1.165, 1.54) is 6.08 Å². The standard InChI is InChI=1S/C17H18N2O3/c1-21-15-8-6-12(10-16(15)22-2)7-9-17(20)19-14-5-3-4-13(18)11-14/h3-11H,18H2,1-2H3,(H,19,20)/b9-7+. The summed E-state index contributed by atoms with van der Waals surface area (Å²) < 4.78 is 10.4. The van der Waals surface area contributed by atoms with Crippen molar-refractivity contribution >= 4 is 23.4 Å². The highest BCUT2D eigenvalue weighted by Crippen LogP contribution is 2.27. The largest absolute Gasteiger partial charge is 0.493 e. The molecule has 5 nitrogen and oxygen atoms in total. The number of rotatable bonds is 5. The van der Waals surface area contributed by atoms with Gasteiger partial charge in [-0.1, -0.05) is 12.1 Å². The lowest BCUT2D eigenvalue weighted by Gasteiger charge is -2.07. The SMILES string of the molecule is COc1ccc(/C=C/C(=O)Nc2cccc(N)c2)cc1OC. The zero-order valence-electron chi connectivity index (χ0n) is 12.5. The quantitative estimate of drug-likeness (QED) is 0.657. The van der Waals surface area contributed by atoms with Crippen molar-refractivity contribution in [3.63, 3.8) is 0 Å². The molecular weight excluding hydrogens is 280 g/mol. The molecule has 0 spiro atoms. The molecule has 0 unspecified atom stereocenters. The van der Waals surface area contributed by atoms with Gasteiger partial charge in [-0.2, -0.15) is 0 Å². The number of carbonyl (C=O) groups excluding carboxylic acids is 1. The average molecular weight is 298 g/mol. The van der Waals surface area contributed by atoms with Crippen LogP contribution >= 0.6 is 0 Å². The predicted molar refractivity (Wildman–Crippen MR) is 88.1 cm³/mol. The molecule has 2 rings (SSSR count). The molecule has 0 aliphatic heterocycles. The Hall–Kier alpha value is -2.95. The van der Waals surface area contributed by atoms with E-state index in [2.05, 4.69) is 5.32 Å². The minimum atomic E-state index is -0.236. The van der Waals surface area contributed by atoms with Crippen LogP contribution in [0.1, 0.15) is 5.56 Å². The van der Waals surface area contributed by atoms with Gasteiger partial charge in [0.25, 0.3) is 0 Å². The topological polar surface area (TPSA) is 73.6 Å². The Morgan fingerprint density at radius 1 is 1.09 bits per heavy atom. The molecule has 0 aliphatic carbocycles. The lowest BCUT2D eigenvalue weighted by atomic mass is 10.2. The number of methoxy groups -OCH3 is 2. The minimum absolute atomic E-state index is 0.236. The van der Waals surface area contributed by atoms with Crippen molar-refractivity contribution in [2.24, 2.45) is 0 Å². The summed E-state index contributed by atoms with van der Waals surface area (Å²) in [5, 5.41) is 2.74. The van der Waals surface area contributed by atoms with Crippen LogP contribution in [0.15, 0.2) is 48.5 Å². The third kappa shape index (κ3) is 4.02. The van der Waals surface area contributed by atoms with E-state index in [0.29, 0.717) is 22.9 Å². The van der Waals surface area contributed by atoms with Crippen molar-refractivity contribution in [2.45, 2.75) is 0 Å². The second kappa shape index (κ2) is 7.17. The van der Waals surface area contributed by atoms with Gasteiger partial charge in [0.05, 0.1) is 14.2 Å². The maximum absolute atomic E-state index is 11.9. The average Bonchev–Trinajstić information content (AvgIpc) is 2.52. The van der Waals surface area contributed by atoms with Crippen LogP contribution in [-0.2, 0) is 4.79 Å². The maximum Gasteiger partial charge on any atom is 0.248 e. The van der Waals surface area contributed by atoms with Crippen molar-refractivity contribution in [3.8, 4) is 11.5 Å². The molecule has 3 N–H and O–H groups in total. The van der Waals surface area contributed by atoms with Crippen molar-refractivity contribution in [2.75, 3.05) is 25.3 Å². The van der Waals surface area contributed by atoms with Gasteiger partial charge in [-0.05, 0) is 42.0 Å². The summed E-state index contributed by atoms with van der Waals surface area (Å²) in [6.07, 6.45) is 3.15. The van der Waals surface area contributed by atoms with Gasteiger partial charge in [0.15, 0.2) is 11.5 Å². The molecule has 1 amide bonds. The second-order valence-corrected chi connectivity index (χ2v) is 4.56. The third-order valence-corrected chi connectivity index (χ3v) is 2.99. The summed E-state index contributed by atoms with van der Waals surface area (Å²) in [5.74, 6) is 1.02. The van der Waals surface area contributed by atoms with Crippen LogP contribution in [0.4, 0.5) is 11.4 Å². The molecule has 0 fully saturated rings. The van der Waals surface area contributed by atoms with E-state index >= 15 is 0 Å². The molecule has 0 saturated carbocycles. The van der Waals surface area contributed by atoms with E-state index in [1.807, 2.05) is 6.07 Å². The Bertz CT molecular complexity index is 696. The van der Waals surface area contributed by atoms with Crippen LogP contribution in [0.3, 0.4) is 0 Å². The molecule has 0 bridgehead atoms. The fraction of sp³-hybridized carbons (Fsp3) is 0.118. The number of benzene rings is 2. The number of ether oxygens (including phenoxy) is 2. The van der Waals surface area contributed by atoms with Crippen LogP contribution in [0.5, 0.6) is 11.5 Å². The first-order chi connectivity index (χ1) is 10.6. The van der Waals surface area contributed by atoms with Crippen molar-refractivity contribution in [1.29, 1.82) is 0 Å². The Labute approximate surface area is 129 Å². The summed E-state index contributed by atoms with van der Waals surface area (Å²) in [4.78, 5) is 11.9. The summed E-state index contributed by atoms with van der Waals surface area (Å²) in [6.45, 7) is 0.